The number of aldehydes is 1. The number of benzene rings is 2. The van der Waals surface area contributed by atoms with Gasteiger partial charge >= 0.3 is 0 Å². The van der Waals surface area contributed by atoms with E-state index in [1.54, 1.807) is 37.4 Å². The van der Waals surface area contributed by atoms with Crippen LogP contribution in [0.15, 0.2) is 52.6 Å². The van der Waals surface area contributed by atoms with Gasteiger partial charge in [-0.3, -0.25) is 14.6 Å². The molecule has 1 aliphatic heterocycles. The van der Waals surface area contributed by atoms with Crippen LogP contribution in [0.2, 0.25) is 10.0 Å². The summed E-state index contributed by atoms with van der Waals surface area (Å²) in [5.41, 5.74) is 9.32. The normalized spacial score (nSPS) is 17.7. The number of aliphatic imine (C=N–C) groups is 1. The highest BCUT2D eigenvalue weighted by molar-refractivity contribution is 6.47. The summed E-state index contributed by atoms with van der Waals surface area (Å²) in [4.78, 5) is 31.9. The van der Waals surface area contributed by atoms with Crippen LogP contribution in [0.3, 0.4) is 0 Å². The summed E-state index contributed by atoms with van der Waals surface area (Å²) in [6.45, 7) is 6.86. The SMILES string of the molecule is CCCCCC1(C)N=C(c2cc(Cl)cc(Cl)c2)C(=O)N1C(CCC)c1ccc(C=O)cc1.CNC/C(N)=N/NN. The van der Waals surface area contributed by atoms with Crippen LogP contribution in [-0.4, -0.2) is 47.9 Å². The van der Waals surface area contributed by atoms with Gasteiger partial charge in [-0.2, -0.15) is 5.10 Å². The van der Waals surface area contributed by atoms with Crippen LogP contribution in [-0.2, 0) is 4.79 Å². The average molecular weight is 591 g/mol. The largest absolute Gasteiger partial charge is 0.385 e. The minimum absolute atomic E-state index is 0.111. The summed E-state index contributed by atoms with van der Waals surface area (Å²) in [6.07, 6.45) is 6.47. The number of hydrogen-bond acceptors (Lipinski definition) is 7. The zero-order valence-electron chi connectivity index (χ0n) is 23.7. The second kappa shape index (κ2) is 16.3. The summed E-state index contributed by atoms with van der Waals surface area (Å²) < 4.78 is 0. The molecule has 0 radical (unpaired) electrons. The van der Waals surface area contributed by atoms with E-state index < -0.39 is 5.66 Å². The summed E-state index contributed by atoms with van der Waals surface area (Å²) in [6, 6.07) is 12.5. The summed E-state index contributed by atoms with van der Waals surface area (Å²) in [5, 5.41) is 7.23. The molecule has 2 atom stereocenters. The summed E-state index contributed by atoms with van der Waals surface area (Å²) in [7, 11) is 1.78. The van der Waals surface area contributed by atoms with Crippen molar-refractivity contribution in [2.24, 2.45) is 21.7 Å². The molecule has 1 aliphatic rings. The molecule has 218 valence electrons. The summed E-state index contributed by atoms with van der Waals surface area (Å²) >= 11 is 12.5. The van der Waals surface area contributed by atoms with E-state index in [9.17, 15) is 9.59 Å². The Labute approximate surface area is 247 Å². The lowest BCUT2D eigenvalue weighted by Gasteiger charge is -2.39. The van der Waals surface area contributed by atoms with Crippen molar-refractivity contribution < 1.29 is 9.59 Å². The van der Waals surface area contributed by atoms with Crippen molar-refractivity contribution in [2.45, 2.75) is 71.0 Å². The lowest BCUT2D eigenvalue weighted by Crippen LogP contribution is -2.47. The van der Waals surface area contributed by atoms with E-state index in [-0.39, 0.29) is 11.9 Å². The van der Waals surface area contributed by atoms with Crippen molar-refractivity contribution in [3.63, 3.8) is 0 Å². The topological polar surface area (TPSA) is 138 Å². The minimum Gasteiger partial charge on any atom is -0.385 e. The molecular weight excluding hydrogens is 549 g/mol. The zero-order valence-corrected chi connectivity index (χ0v) is 25.2. The Balaban J connectivity index is 0.000000611. The molecule has 0 spiro atoms. The van der Waals surface area contributed by atoms with Gasteiger partial charge in [0.25, 0.3) is 5.91 Å². The van der Waals surface area contributed by atoms with E-state index in [0.29, 0.717) is 39.3 Å². The second-order valence-electron chi connectivity index (χ2n) is 9.82. The first-order valence-corrected chi connectivity index (χ1v) is 14.3. The first kappa shape index (κ1) is 33.2. The molecular formula is C29H41Cl2N7O2. The van der Waals surface area contributed by atoms with Crippen molar-refractivity contribution in [1.29, 1.82) is 0 Å². The van der Waals surface area contributed by atoms with Gasteiger partial charge in [-0.15, -0.1) is 0 Å². The molecule has 0 aliphatic carbocycles. The lowest BCUT2D eigenvalue weighted by atomic mass is 9.94. The number of amidine groups is 1. The molecule has 11 heteroatoms. The first-order valence-electron chi connectivity index (χ1n) is 13.5. The fourth-order valence-electron chi connectivity index (χ4n) is 4.74. The Morgan fingerprint density at radius 1 is 1.12 bits per heavy atom. The fraction of sp³-hybridized carbons (Fsp3) is 0.448. The van der Waals surface area contributed by atoms with Gasteiger partial charge in [0.2, 0.25) is 0 Å². The van der Waals surface area contributed by atoms with E-state index in [1.165, 1.54) is 0 Å². The molecule has 9 nitrogen and oxygen atoms in total. The van der Waals surface area contributed by atoms with Crippen molar-refractivity contribution >= 4 is 46.9 Å². The van der Waals surface area contributed by atoms with Crippen molar-refractivity contribution in [3.05, 3.63) is 69.2 Å². The van der Waals surface area contributed by atoms with Gasteiger partial charge in [0, 0.05) is 21.2 Å². The number of carbonyl (C=O) groups is 2. The van der Waals surface area contributed by atoms with Crippen LogP contribution in [0.1, 0.15) is 86.8 Å². The molecule has 3 rings (SSSR count). The first-order chi connectivity index (χ1) is 19.1. The van der Waals surface area contributed by atoms with Crippen LogP contribution >= 0.6 is 23.2 Å². The van der Waals surface area contributed by atoms with Crippen LogP contribution in [0.4, 0.5) is 0 Å². The van der Waals surface area contributed by atoms with E-state index in [1.807, 2.05) is 24.0 Å². The van der Waals surface area contributed by atoms with Gasteiger partial charge in [0.15, 0.2) is 0 Å². The Morgan fingerprint density at radius 3 is 2.30 bits per heavy atom. The maximum atomic E-state index is 13.8. The Bertz CT molecular complexity index is 1170. The highest BCUT2D eigenvalue weighted by atomic mass is 35.5. The number of nitrogens with zero attached hydrogens (tertiary/aromatic N) is 3. The summed E-state index contributed by atoms with van der Waals surface area (Å²) in [5.74, 6) is 5.14. The maximum absolute atomic E-state index is 13.8. The molecule has 0 saturated carbocycles. The number of amides is 1. The third kappa shape index (κ3) is 9.02. The number of halogens is 2. The number of likely N-dealkylation sites (N-methyl/N-ethyl adjacent to an activating group) is 1. The number of rotatable bonds is 13. The highest BCUT2D eigenvalue weighted by Crippen LogP contribution is 2.41. The molecule has 0 fully saturated rings. The molecule has 2 aromatic carbocycles. The van der Waals surface area contributed by atoms with E-state index in [0.717, 1.165) is 50.4 Å². The number of hydrogen-bond donors (Lipinski definition) is 4. The standard InChI is InChI=1S/C26H30Cl2N2O2.C3H11N5/c1-4-6-7-13-26(3)29-24(20-14-21(27)16-22(28)15-20)25(32)30(26)23(8-5-2)19-11-9-18(17-31)10-12-19;1-6-2-3(4)7-8-5/h9-12,14-17,23H,4-8,13H2,1-3H3;6,8H,2,5H2,1H3,(H2,4,7). The Morgan fingerprint density at radius 2 is 1.77 bits per heavy atom. The van der Waals surface area contributed by atoms with Crippen molar-refractivity contribution in [2.75, 3.05) is 13.6 Å². The predicted octanol–water partition coefficient (Wildman–Crippen LogP) is 5.22. The number of hydrazone groups is 1. The number of nitrogens with one attached hydrogen (secondary N) is 2. The lowest BCUT2D eigenvalue weighted by molar-refractivity contribution is -0.131. The van der Waals surface area contributed by atoms with Gasteiger partial charge in [-0.05, 0) is 57.0 Å². The monoisotopic (exact) mass is 589 g/mol. The second-order valence-corrected chi connectivity index (χ2v) is 10.7. The Hall–Kier alpha value is -2.98. The highest BCUT2D eigenvalue weighted by Gasteiger charge is 2.47. The van der Waals surface area contributed by atoms with Gasteiger partial charge in [-0.1, -0.05) is 80.6 Å². The molecule has 0 saturated heterocycles. The van der Waals surface area contributed by atoms with Gasteiger partial charge < -0.3 is 16.0 Å². The van der Waals surface area contributed by atoms with Gasteiger partial charge in [-0.25, -0.2) is 11.4 Å². The van der Waals surface area contributed by atoms with Crippen LogP contribution < -0.4 is 22.4 Å². The quantitative estimate of drug-likeness (QED) is 0.0631. The molecule has 1 amide bonds. The van der Waals surface area contributed by atoms with Crippen LogP contribution in [0, 0.1) is 0 Å². The third-order valence-electron chi connectivity index (χ3n) is 6.58. The molecule has 40 heavy (non-hydrogen) atoms. The third-order valence-corrected chi connectivity index (χ3v) is 7.02. The van der Waals surface area contributed by atoms with Crippen LogP contribution in [0.5, 0.6) is 0 Å². The zero-order chi connectivity index (χ0) is 29.7. The smallest absolute Gasteiger partial charge is 0.275 e. The predicted molar refractivity (Wildman–Crippen MR) is 165 cm³/mol. The van der Waals surface area contributed by atoms with Crippen molar-refractivity contribution in [1.82, 2.24) is 15.8 Å². The molecule has 2 aromatic rings. The maximum Gasteiger partial charge on any atom is 0.275 e. The molecule has 2 unspecified atom stereocenters. The number of hydrazine groups is 1. The van der Waals surface area contributed by atoms with E-state index >= 15 is 0 Å². The molecule has 6 N–H and O–H groups in total. The number of carbonyl (C=O) groups excluding carboxylic acids is 2. The van der Waals surface area contributed by atoms with Crippen LogP contribution in [0.25, 0.3) is 0 Å². The molecule has 0 aromatic heterocycles. The number of unbranched alkanes of at least 4 members (excludes halogenated alkanes) is 2. The number of nitrogens with two attached hydrogens (primary N) is 2. The fourth-order valence-corrected chi connectivity index (χ4v) is 5.26. The van der Waals surface area contributed by atoms with Crippen molar-refractivity contribution in [3.8, 4) is 0 Å². The van der Waals surface area contributed by atoms with Gasteiger partial charge in [0.05, 0.1) is 12.6 Å². The molecule has 0 bridgehead atoms. The minimum atomic E-state index is -0.667. The molecule has 1 heterocycles. The van der Waals surface area contributed by atoms with E-state index in [4.69, 9.17) is 39.8 Å². The average Bonchev–Trinajstić information content (AvgIpc) is 3.18. The van der Waals surface area contributed by atoms with Gasteiger partial charge in [0.1, 0.15) is 23.5 Å². The van der Waals surface area contributed by atoms with E-state index in [2.05, 4.69) is 29.8 Å². The Kier molecular flexibility index (Phi) is 13.6.